The van der Waals surface area contributed by atoms with E-state index in [-0.39, 0.29) is 29.4 Å². The molecule has 2 heterocycles. The lowest BCUT2D eigenvalue weighted by Crippen LogP contribution is -2.42. The van der Waals surface area contributed by atoms with Crippen LogP contribution in [0.4, 0.5) is 33.5 Å². The van der Waals surface area contributed by atoms with E-state index in [2.05, 4.69) is 10.3 Å². The summed E-state index contributed by atoms with van der Waals surface area (Å²) in [6.45, 7) is -0.142. The average Bonchev–Trinajstić information content (AvgIpc) is 3.22. The number of nitrogens with two attached hydrogens (primary N) is 1. The number of benzene rings is 1. The number of nitrogens with zero attached hydrogens (tertiary/aromatic N) is 2. The van der Waals surface area contributed by atoms with E-state index in [1.54, 1.807) is 0 Å². The maximum atomic E-state index is 13.9. The second-order valence-electron chi connectivity index (χ2n) is 7.82. The number of pyridine rings is 1. The maximum Gasteiger partial charge on any atom is 0.417 e. The summed E-state index contributed by atoms with van der Waals surface area (Å²) in [6, 6.07) is 4.80. The maximum absolute atomic E-state index is 13.9. The predicted molar refractivity (Wildman–Crippen MR) is 104 cm³/mol. The zero-order chi connectivity index (χ0) is 23.5. The minimum absolute atomic E-state index is 0.0284. The molecule has 0 unspecified atom stereocenters. The van der Waals surface area contributed by atoms with Crippen LogP contribution in [0, 0.1) is 5.92 Å². The third-order valence-corrected chi connectivity index (χ3v) is 6.56. The molecule has 13 heteroatoms. The summed E-state index contributed by atoms with van der Waals surface area (Å²) in [5, 5.41) is 7.39. The third-order valence-electron chi connectivity index (χ3n) is 5.65. The van der Waals surface area contributed by atoms with E-state index in [9.17, 15) is 35.2 Å². The van der Waals surface area contributed by atoms with E-state index in [0.717, 1.165) is 6.07 Å². The van der Waals surface area contributed by atoms with Crippen molar-refractivity contribution in [1.82, 2.24) is 4.98 Å². The van der Waals surface area contributed by atoms with Gasteiger partial charge in [-0.25, -0.2) is 27.3 Å². The van der Waals surface area contributed by atoms with Crippen molar-refractivity contribution >= 4 is 27.4 Å². The van der Waals surface area contributed by atoms with Crippen LogP contribution in [0.2, 0.25) is 0 Å². The summed E-state index contributed by atoms with van der Waals surface area (Å²) in [6.07, 6.45) is -4.56. The molecule has 1 aromatic carbocycles. The van der Waals surface area contributed by atoms with E-state index >= 15 is 0 Å². The molecule has 2 aromatic rings. The Morgan fingerprint density at radius 1 is 1.25 bits per heavy atom. The van der Waals surface area contributed by atoms with Gasteiger partial charge in [0.2, 0.25) is 10.0 Å². The Balaban J connectivity index is 1.70. The summed E-state index contributed by atoms with van der Waals surface area (Å²) in [5.74, 6) is -4.98. The van der Waals surface area contributed by atoms with Gasteiger partial charge in [0.05, 0.1) is 16.0 Å². The van der Waals surface area contributed by atoms with Gasteiger partial charge in [0.15, 0.2) is 0 Å². The van der Waals surface area contributed by atoms with E-state index in [0.29, 0.717) is 12.3 Å². The molecule has 172 valence electrons. The van der Waals surface area contributed by atoms with Crippen molar-refractivity contribution in [3.8, 4) is 0 Å². The molecule has 2 bridgehead atoms. The lowest BCUT2D eigenvalue weighted by Gasteiger charge is -2.33. The number of piperidine rings is 1. The van der Waals surface area contributed by atoms with Gasteiger partial charge in [-0.3, -0.25) is 4.79 Å². The van der Waals surface area contributed by atoms with Gasteiger partial charge in [-0.05, 0) is 30.7 Å². The van der Waals surface area contributed by atoms with Crippen LogP contribution in [0.3, 0.4) is 0 Å². The fourth-order valence-electron chi connectivity index (χ4n) is 4.11. The van der Waals surface area contributed by atoms with Gasteiger partial charge in [-0.1, -0.05) is 6.07 Å². The minimum atomic E-state index is -4.79. The molecular weight excluding hydrogens is 459 g/mol. The largest absolute Gasteiger partial charge is 0.417 e. The van der Waals surface area contributed by atoms with Gasteiger partial charge in [0.25, 0.3) is 11.8 Å². The molecule has 1 amide bonds. The quantitative estimate of drug-likeness (QED) is 0.660. The van der Waals surface area contributed by atoms with Gasteiger partial charge in [0, 0.05) is 36.8 Å². The normalized spacial score (nSPS) is 22.2. The molecule has 2 aliphatic rings. The van der Waals surface area contributed by atoms with Crippen molar-refractivity contribution in [3.63, 3.8) is 0 Å². The smallest absolute Gasteiger partial charge is 0.352 e. The van der Waals surface area contributed by atoms with E-state index < -0.39 is 57.5 Å². The van der Waals surface area contributed by atoms with Gasteiger partial charge in [-0.2, -0.15) is 13.2 Å². The van der Waals surface area contributed by atoms with Gasteiger partial charge >= 0.3 is 6.18 Å². The van der Waals surface area contributed by atoms with Crippen LogP contribution in [0.15, 0.2) is 41.4 Å². The first-order valence-electron chi connectivity index (χ1n) is 9.41. The number of anilines is 2. The second-order valence-corrected chi connectivity index (χ2v) is 9.39. The van der Waals surface area contributed by atoms with Crippen molar-refractivity contribution < 1.29 is 35.2 Å². The number of hydrogen-bond acceptors (Lipinski definition) is 5. The molecule has 7 nitrogen and oxygen atoms in total. The van der Waals surface area contributed by atoms with Crippen LogP contribution >= 0.6 is 0 Å². The molecule has 32 heavy (non-hydrogen) atoms. The van der Waals surface area contributed by atoms with Crippen LogP contribution in [-0.2, 0) is 16.2 Å². The van der Waals surface area contributed by atoms with Crippen molar-refractivity contribution in [2.24, 2.45) is 11.1 Å². The van der Waals surface area contributed by atoms with Crippen molar-refractivity contribution in [3.05, 3.63) is 47.7 Å². The molecule has 1 saturated carbocycles. The molecule has 2 atom stereocenters. The number of alkyl halides is 5. The number of sulfonamides is 1. The molecule has 1 aromatic heterocycles. The molecular formula is C19H17F5N4O3S. The number of halogens is 5. The Kier molecular flexibility index (Phi) is 5.16. The summed E-state index contributed by atoms with van der Waals surface area (Å²) in [5.41, 5.74) is -1.67. The Hall–Kier alpha value is -2.80. The SMILES string of the molecule is NS(=O)(=O)c1cccc(NC(=O)c2cc(C(F)(F)F)cnc2N2C[C@@H]3C[C@H]2CC3(F)F)c1. The lowest BCUT2D eigenvalue weighted by molar-refractivity contribution is -0.137. The highest BCUT2D eigenvalue weighted by molar-refractivity contribution is 7.89. The first-order chi connectivity index (χ1) is 14.8. The summed E-state index contributed by atoms with van der Waals surface area (Å²) < 4.78 is 90.5. The first-order valence-corrected chi connectivity index (χ1v) is 11.0. The zero-order valence-corrected chi connectivity index (χ0v) is 17.1. The fourth-order valence-corrected chi connectivity index (χ4v) is 4.67. The van der Waals surface area contributed by atoms with Crippen molar-refractivity contribution in [1.29, 1.82) is 0 Å². The lowest BCUT2D eigenvalue weighted by atomic mass is 10.0. The van der Waals surface area contributed by atoms with Crippen LogP contribution < -0.4 is 15.4 Å². The van der Waals surface area contributed by atoms with Crippen molar-refractivity contribution in [2.75, 3.05) is 16.8 Å². The van der Waals surface area contributed by atoms with Crippen LogP contribution in [0.25, 0.3) is 0 Å². The van der Waals surface area contributed by atoms with Crippen LogP contribution in [-0.4, -0.2) is 37.8 Å². The average molecular weight is 476 g/mol. The third kappa shape index (κ3) is 4.13. The molecule has 0 radical (unpaired) electrons. The summed E-state index contributed by atoms with van der Waals surface area (Å²) in [4.78, 5) is 17.8. The monoisotopic (exact) mass is 476 g/mol. The highest BCUT2D eigenvalue weighted by atomic mass is 32.2. The Labute approximate surface area is 179 Å². The molecule has 1 saturated heterocycles. The van der Waals surface area contributed by atoms with E-state index in [1.165, 1.54) is 23.1 Å². The number of rotatable bonds is 4. The predicted octanol–water partition coefficient (Wildman–Crippen LogP) is 3.23. The van der Waals surface area contributed by atoms with E-state index in [4.69, 9.17) is 5.14 Å². The summed E-state index contributed by atoms with van der Waals surface area (Å²) >= 11 is 0. The zero-order valence-electron chi connectivity index (χ0n) is 16.2. The highest BCUT2D eigenvalue weighted by Crippen LogP contribution is 2.49. The number of fused-ring (bicyclic) bond motifs is 2. The van der Waals surface area contributed by atoms with Gasteiger partial charge < -0.3 is 10.2 Å². The number of hydrogen-bond donors (Lipinski definition) is 2. The molecule has 1 aliphatic heterocycles. The number of nitrogens with one attached hydrogen (secondary N) is 1. The standard InChI is InChI=1S/C19H17F5N4O3S/c20-18(21)7-13-4-11(18)9-28(13)16-15(5-10(8-26-16)19(22,23)24)17(29)27-12-2-1-3-14(6-12)32(25,30)31/h1-3,5-6,8,11,13H,4,7,9H2,(H,27,29)(H2,25,30,31)/t11-,13-/m0/s1. The first kappa shape index (κ1) is 22.4. The molecule has 4 rings (SSSR count). The van der Waals surface area contributed by atoms with Gasteiger partial charge in [0.1, 0.15) is 5.82 Å². The fraction of sp³-hybridized carbons (Fsp3) is 0.368. The number of primary sulfonamides is 1. The van der Waals surface area contributed by atoms with Gasteiger partial charge in [-0.15, -0.1) is 0 Å². The molecule has 0 spiro atoms. The number of carbonyl (C=O) groups excluding carboxylic acids is 1. The Bertz CT molecular complexity index is 1190. The number of amides is 1. The summed E-state index contributed by atoms with van der Waals surface area (Å²) in [7, 11) is -4.08. The van der Waals surface area contributed by atoms with Crippen molar-refractivity contribution in [2.45, 2.75) is 35.9 Å². The molecule has 2 fully saturated rings. The second kappa shape index (κ2) is 7.37. The highest BCUT2D eigenvalue weighted by Gasteiger charge is 2.56. The molecule has 1 aliphatic carbocycles. The van der Waals surface area contributed by atoms with Crippen LogP contribution in [0.1, 0.15) is 28.8 Å². The van der Waals surface area contributed by atoms with Crippen LogP contribution in [0.5, 0.6) is 0 Å². The topological polar surface area (TPSA) is 105 Å². The number of carbonyl (C=O) groups is 1. The Morgan fingerprint density at radius 2 is 1.97 bits per heavy atom. The Morgan fingerprint density at radius 3 is 2.53 bits per heavy atom. The number of aromatic nitrogens is 1. The minimum Gasteiger partial charge on any atom is -0.352 e. The van der Waals surface area contributed by atoms with E-state index in [1.807, 2.05) is 0 Å². The molecule has 3 N–H and O–H groups in total.